The second-order valence-corrected chi connectivity index (χ2v) is 8.04. The van der Waals surface area contributed by atoms with Crippen LogP contribution in [0.5, 0.6) is 0 Å². The fourth-order valence-corrected chi connectivity index (χ4v) is 7.37. The van der Waals surface area contributed by atoms with Gasteiger partial charge in [0.15, 0.2) is 0 Å². The van der Waals surface area contributed by atoms with Crippen molar-refractivity contribution in [3.8, 4) is 0 Å². The molecule has 0 aliphatic carbocycles. The molecule has 1 aromatic carbocycles. The quantitative estimate of drug-likeness (QED) is 0.363. The lowest BCUT2D eigenvalue weighted by Crippen LogP contribution is -2.19. The van der Waals surface area contributed by atoms with Crippen LogP contribution in [0.4, 0.5) is 5.69 Å². The van der Waals surface area contributed by atoms with Crippen molar-refractivity contribution in [1.82, 2.24) is 0 Å². The highest BCUT2D eigenvalue weighted by Gasteiger charge is 2.27. The molecule has 0 bridgehead atoms. The second kappa shape index (κ2) is 5.99. The molecule has 0 saturated carbocycles. The van der Waals surface area contributed by atoms with E-state index in [0.717, 1.165) is 3.57 Å². The number of carbonyl (C=O) groups excluding carboxylic acids is 1. The molecule has 1 amide bonds. The van der Waals surface area contributed by atoms with Crippen molar-refractivity contribution < 1.29 is 19.1 Å². The van der Waals surface area contributed by atoms with Crippen molar-refractivity contribution in [1.29, 1.82) is 0 Å². The van der Waals surface area contributed by atoms with Gasteiger partial charge in [-0.05, 0) is 73.8 Å². The molecule has 1 rings (SSSR count). The minimum absolute atomic E-state index is 0.0390. The number of anilines is 1. The molecule has 0 atom stereocenters. The standard InChI is InChI=1S/C8H7I3NO4P/c1-3(13)12-7-4(9)2-5(10)8(6(7)11)17(14,15)16/h2H,1H3,(H,12,13)(H2,14,15,16). The van der Waals surface area contributed by atoms with Gasteiger partial charge in [0, 0.05) is 14.1 Å². The van der Waals surface area contributed by atoms with Crippen LogP contribution in [0.2, 0.25) is 0 Å². The van der Waals surface area contributed by atoms with E-state index in [9.17, 15) is 19.1 Å². The van der Waals surface area contributed by atoms with Crippen molar-refractivity contribution in [2.75, 3.05) is 5.32 Å². The third-order valence-corrected chi connectivity index (χ3v) is 6.42. The maximum atomic E-state index is 11.4. The normalized spacial score (nSPS) is 11.4. The Morgan fingerprint density at radius 1 is 1.29 bits per heavy atom. The molecule has 0 aliphatic heterocycles. The third kappa shape index (κ3) is 4.00. The molecule has 17 heavy (non-hydrogen) atoms. The minimum Gasteiger partial charge on any atom is -0.324 e. The molecular formula is C8H7I3NO4P. The van der Waals surface area contributed by atoms with Gasteiger partial charge in [-0.2, -0.15) is 0 Å². The van der Waals surface area contributed by atoms with Gasteiger partial charge < -0.3 is 15.1 Å². The molecule has 0 fully saturated rings. The van der Waals surface area contributed by atoms with Gasteiger partial charge in [-0.25, -0.2) is 0 Å². The van der Waals surface area contributed by atoms with E-state index >= 15 is 0 Å². The lowest BCUT2D eigenvalue weighted by atomic mass is 10.3. The van der Waals surface area contributed by atoms with Gasteiger partial charge in [0.25, 0.3) is 0 Å². The molecule has 0 unspecified atom stereocenters. The number of hydrogen-bond donors (Lipinski definition) is 3. The Kier molecular flexibility index (Phi) is 5.67. The summed E-state index contributed by atoms with van der Waals surface area (Å²) in [6.07, 6.45) is 0. The summed E-state index contributed by atoms with van der Waals surface area (Å²) in [6, 6.07) is 1.63. The molecule has 3 N–H and O–H groups in total. The van der Waals surface area contributed by atoms with Crippen LogP contribution in [0.3, 0.4) is 0 Å². The maximum Gasteiger partial charge on any atom is 0.358 e. The van der Waals surface area contributed by atoms with E-state index < -0.39 is 7.60 Å². The average molecular weight is 593 g/mol. The number of amides is 1. The van der Waals surface area contributed by atoms with E-state index in [2.05, 4.69) is 5.32 Å². The zero-order valence-electron chi connectivity index (χ0n) is 8.37. The Labute approximate surface area is 139 Å². The lowest BCUT2D eigenvalue weighted by molar-refractivity contribution is -0.114. The van der Waals surface area contributed by atoms with Crippen LogP contribution in [0, 0.1) is 10.7 Å². The van der Waals surface area contributed by atoms with E-state index in [1.165, 1.54) is 6.92 Å². The van der Waals surface area contributed by atoms with Crippen molar-refractivity contribution >= 4 is 92.3 Å². The highest BCUT2D eigenvalue weighted by molar-refractivity contribution is 14.1. The van der Waals surface area contributed by atoms with Gasteiger partial charge in [-0.3, -0.25) is 9.36 Å². The molecule has 0 spiro atoms. The first-order valence-corrected chi connectivity index (χ1v) is 9.00. The SMILES string of the molecule is CC(=O)Nc1c(I)cc(I)c(P(=O)(O)O)c1I. The fourth-order valence-electron chi connectivity index (χ4n) is 1.14. The Balaban J connectivity index is 3.54. The summed E-state index contributed by atoms with van der Waals surface area (Å²) in [7, 11) is -4.35. The highest BCUT2D eigenvalue weighted by Crippen LogP contribution is 2.40. The van der Waals surface area contributed by atoms with Crippen molar-refractivity contribution in [3.05, 3.63) is 16.8 Å². The summed E-state index contributed by atoms with van der Waals surface area (Å²) in [6.45, 7) is 1.35. The molecule has 0 aromatic heterocycles. The maximum absolute atomic E-state index is 11.4. The van der Waals surface area contributed by atoms with Crippen molar-refractivity contribution in [3.63, 3.8) is 0 Å². The van der Waals surface area contributed by atoms with E-state index in [1.54, 1.807) is 6.07 Å². The zero-order valence-corrected chi connectivity index (χ0v) is 15.7. The smallest absolute Gasteiger partial charge is 0.324 e. The molecule has 94 valence electrons. The summed E-state index contributed by atoms with van der Waals surface area (Å²) in [5, 5.41) is 2.54. The van der Waals surface area contributed by atoms with Gasteiger partial charge in [-0.1, -0.05) is 0 Å². The van der Waals surface area contributed by atoms with Gasteiger partial charge in [0.2, 0.25) is 5.91 Å². The predicted octanol–water partition coefficient (Wildman–Crippen LogP) is 2.26. The molecule has 0 heterocycles. The van der Waals surface area contributed by atoms with Crippen LogP contribution in [-0.2, 0) is 9.36 Å². The fraction of sp³-hybridized carbons (Fsp3) is 0.125. The van der Waals surface area contributed by atoms with Gasteiger partial charge in [0.1, 0.15) is 0 Å². The van der Waals surface area contributed by atoms with Crippen molar-refractivity contribution in [2.45, 2.75) is 6.92 Å². The zero-order chi connectivity index (χ0) is 13.4. The largest absolute Gasteiger partial charge is 0.358 e. The number of benzene rings is 1. The average Bonchev–Trinajstić information content (AvgIpc) is 2.08. The summed E-state index contributed by atoms with van der Waals surface area (Å²) >= 11 is 5.72. The first-order chi connectivity index (χ1) is 7.64. The Hall–Kier alpha value is 1.03. The van der Waals surface area contributed by atoms with Crippen LogP contribution in [0.15, 0.2) is 6.07 Å². The molecule has 5 nitrogen and oxygen atoms in total. The van der Waals surface area contributed by atoms with E-state index in [4.69, 9.17) is 0 Å². The van der Waals surface area contributed by atoms with Crippen LogP contribution in [-0.4, -0.2) is 15.7 Å². The lowest BCUT2D eigenvalue weighted by Gasteiger charge is -2.15. The predicted molar refractivity (Wildman–Crippen MR) is 90.6 cm³/mol. The number of carbonyl (C=O) groups is 1. The molecular weight excluding hydrogens is 586 g/mol. The van der Waals surface area contributed by atoms with Crippen LogP contribution < -0.4 is 10.6 Å². The highest BCUT2D eigenvalue weighted by atomic mass is 127. The number of nitrogens with one attached hydrogen (secondary N) is 1. The van der Waals surface area contributed by atoms with E-state index in [-0.39, 0.29) is 11.2 Å². The van der Waals surface area contributed by atoms with Gasteiger partial charge in [0.05, 0.1) is 14.6 Å². The molecule has 0 aliphatic rings. The van der Waals surface area contributed by atoms with Crippen LogP contribution in [0.25, 0.3) is 0 Å². The third-order valence-electron chi connectivity index (χ3n) is 1.74. The molecule has 0 radical (unpaired) electrons. The summed E-state index contributed by atoms with van der Waals surface area (Å²) in [5.41, 5.74) is 0.442. The Morgan fingerprint density at radius 2 is 1.82 bits per heavy atom. The summed E-state index contributed by atoms with van der Waals surface area (Å²) < 4.78 is 13.0. The first-order valence-electron chi connectivity index (χ1n) is 4.15. The first kappa shape index (κ1) is 16.1. The van der Waals surface area contributed by atoms with E-state index in [0.29, 0.717) is 12.8 Å². The number of hydrogen-bond acceptors (Lipinski definition) is 2. The topological polar surface area (TPSA) is 86.6 Å². The monoisotopic (exact) mass is 593 g/mol. The Bertz CT molecular complexity index is 528. The summed E-state index contributed by atoms with van der Waals surface area (Å²) in [4.78, 5) is 29.6. The Morgan fingerprint density at radius 3 is 2.24 bits per heavy atom. The number of halogens is 3. The van der Waals surface area contributed by atoms with Crippen molar-refractivity contribution in [2.24, 2.45) is 0 Å². The van der Waals surface area contributed by atoms with Gasteiger partial charge in [-0.15, -0.1) is 0 Å². The van der Waals surface area contributed by atoms with E-state index in [1.807, 2.05) is 67.8 Å². The summed E-state index contributed by atoms with van der Waals surface area (Å²) in [5.74, 6) is -0.279. The van der Waals surface area contributed by atoms with Gasteiger partial charge >= 0.3 is 7.60 Å². The molecule has 9 heteroatoms. The second-order valence-electron chi connectivity index (χ2n) is 3.10. The van der Waals surface area contributed by atoms with Crippen LogP contribution >= 0.6 is 75.4 Å². The number of rotatable bonds is 2. The molecule has 1 aromatic rings. The molecule has 0 saturated heterocycles. The minimum atomic E-state index is -4.35. The van der Waals surface area contributed by atoms with Crippen LogP contribution in [0.1, 0.15) is 6.92 Å².